The number of rotatable bonds is 5. The van der Waals surface area contributed by atoms with E-state index < -0.39 is 0 Å². The van der Waals surface area contributed by atoms with E-state index in [-0.39, 0.29) is 17.6 Å². The third kappa shape index (κ3) is 7.56. The van der Waals surface area contributed by atoms with Gasteiger partial charge in [0.1, 0.15) is 6.10 Å². The first-order chi connectivity index (χ1) is 9.39. The van der Waals surface area contributed by atoms with Gasteiger partial charge in [-0.25, -0.2) is 4.79 Å². The summed E-state index contributed by atoms with van der Waals surface area (Å²) < 4.78 is 5.54. The van der Waals surface area contributed by atoms with Crippen LogP contribution in [0.1, 0.15) is 66.2 Å². The summed E-state index contributed by atoms with van der Waals surface area (Å²) in [5.74, 6) is 0.639. The predicted octanol–water partition coefficient (Wildman–Crippen LogP) is 4.67. The summed E-state index contributed by atoms with van der Waals surface area (Å²) in [5, 5.41) is 2.93. The Morgan fingerprint density at radius 1 is 1.30 bits per heavy atom. The second-order valence-corrected chi connectivity index (χ2v) is 7.12. The molecule has 1 aliphatic rings. The highest BCUT2D eigenvalue weighted by Gasteiger charge is 2.21. The monoisotopic (exact) mass is 281 g/mol. The Hall–Kier alpha value is -0.990. The number of carbonyl (C=O) groups is 1. The van der Waals surface area contributed by atoms with Crippen molar-refractivity contribution in [1.82, 2.24) is 5.32 Å². The topological polar surface area (TPSA) is 38.3 Å². The quantitative estimate of drug-likeness (QED) is 0.743. The van der Waals surface area contributed by atoms with E-state index in [0.717, 1.165) is 38.5 Å². The van der Waals surface area contributed by atoms with Crippen LogP contribution >= 0.6 is 0 Å². The summed E-state index contributed by atoms with van der Waals surface area (Å²) in [7, 11) is 0. The van der Waals surface area contributed by atoms with Crippen LogP contribution in [-0.4, -0.2) is 18.7 Å². The second kappa shape index (κ2) is 8.33. The zero-order valence-corrected chi connectivity index (χ0v) is 13.6. The lowest BCUT2D eigenvalue weighted by atomic mass is 9.84. The summed E-state index contributed by atoms with van der Waals surface area (Å²) in [6.45, 7) is 9.47. The number of alkyl carbamates (subject to hydrolysis) is 1. The maximum atomic E-state index is 11.9. The minimum Gasteiger partial charge on any atom is -0.446 e. The lowest BCUT2D eigenvalue weighted by molar-refractivity contribution is 0.0829. The Bertz CT molecular complexity index is 321. The second-order valence-electron chi connectivity index (χ2n) is 7.12. The molecule has 1 atom stereocenters. The van der Waals surface area contributed by atoms with E-state index in [1.807, 2.05) is 0 Å². The molecule has 0 spiro atoms. The Morgan fingerprint density at radius 3 is 2.70 bits per heavy atom. The highest BCUT2D eigenvalue weighted by molar-refractivity contribution is 5.67. The van der Waals surface area contributed by atoms with E-state index >= 15 is 0 Å². The van der Waals surface area contributed by atoms with Crippen molar-refractivity contribution >= 4 is 6.09 Å². The lowest BCUT2D eigenvalue weighted by Gasteiger charge is -2.27. The molecule has 1 amide bonds. The van der Waals surface area contributed by atoms with E-state index in [1.165, 1.54) is 0 Å². The van der Waals surface area contributed by atoms with Crippen LogP contribution in [0.5, 0.6) is 0 Å². The van der Waals surface area contributed by atoms with Gasteiger partial charge in [0.25, 0.3) is 0 Å². The SMILES string of the molecule is CC(C)CC(C)(C)CNC(=O)OC1CC/C=C/CCC1. The molecule has 0 radical (unpaired) electrons. The van der Waals surface area contributed by atoms with Crippen LogP contribution < -0.4 is 5.32 Å². The van der Waals surface area contributed by atoms with Crippen molar-refractivity contribution in [2.75, 3.05) is 6.54 Å². The average Bonchev–Trinajstić information content (AvgIpc) is 2.28. The van der Waals surface area contributed by atoms with Crippen LogP contribution in [0, 0.1) is 11.3 Å². The molecule has 0 bridgehead atoms. The van der Waals surface area contributed by atoms with Crippen LogP contribution in [0.2, 0.25) is 0 Å². The van der Waals surface area contributed by atoms with Crippen molar-refractivity contribution in [3.05, 3.63) is 12.2 Å². The molecule has 3 nitrogen and oxygen atoms in total. The normalized spacial score (nSPS) is 21.9. The minimum absolute atomic E-state index is 0.0770. The predicted molar refractivity (Wildman–Crippen MR) is 83.7 cm³/mol. The molecule has 116 valence electrons. The minimum atomic E-state index is -0.253. The molecular weight excluding hydrogens is 250 g/mol. The smallest absolute Gasteiger partial charge is 0.407 e. The zero-order valence-electron chi connectivity index (χ0n) is 13.6. The highest BCUT2D eigenvalue weighted by Crippen LogP contribution is 2.24. The third-order valence-corrected chi connectivity index (χ3v) is 3.66. The molecule has 0 aromatic heterocycles. The Balaban J connectivity index is 2.30. The van der Waals surface area contributed by atoms with Crippen molar-refractivity contribution in [3.63, 3.8) is 0 Å². The van der Waals surface area contributed by atoms with Gasteiger partial charge in [-0.1, -0.05) is 39.8 Å². The molecule has 0 saturated heterocycles. The van der Waals surface area contributed by atoms with Gasteiger partial charge in [-0.2, -0.15) is 0 Å². The van der Waals surface area contributed by atoms with E-state index in [4.69, 9.17) is 4.74 Å². The van der Waals surface area contributed by atoms with Gasteiger partial charge in [0.15, 0.2) is 0 Å². The summed E-state index contributed by atoms with van der Waals surface area (Å²) in [4.78, 5) is 11.9. The number of allylic oxidation sites excluding steroid dienone is 2. The van der Waals surface area contributed by atoms with E-state index in [1.54, 1.807) is 0 Å². The molecule has 0 fully saturated rings. The van der Waals surface area contributed by atoms with E-state index in [9.17, 15) is 4.79 Å². The molecule has 3 heteroatoms. The van der Waals surface area contributed by atoms with Gasteiger partial charge >= 0.3 is 6.09 Å². The fourth-order valence-corrected chi connectivity index (χ4v) is 2.93. The molecule has 1 rings (SSSR count). The molecular formula is C17H31NO2. The number of carbonyl (C=O) groups excluding carboxylic acids is 1. The molecule has 20 heavy (non-hydrogen) atoms. The van der Waals surface area contributed by atoms with Crippen molar-refractivity contribution in [3.8, 4) is 0 Å². The maximum absolute atomic E-state index is 11.9. The molecule has 0 aromatic rings. The average molecular weight is 281 g/mol. The number of amides is 1. The van der Waals surface area contributed by atoms with Crippen molar-refractivity contribution in [2.24, 2.45) is 11.3 Å². The fraction of sp³-hybridized carbons (Fsp3) is 0.824. The maximum Gasteiger partial charge on any atom is 0.407 e. The first kappa shape index (κ1) is 17.1. The van der Waals surface area contributed by atoms with Crippen LogP contribution in [0.25, 0.3) is 0 Å². The van der Waals surface area contributed by atoms with E-state index in [2.05, 4.69) is 45.2 Å². The molecule has 0 saturated carbocycles. The van der Waals surface area contributed by atoms with E-state index in [0.29, 0.717) is 12.5 Å². The molecule has 0 aliphatic heterocycles. The van der Waals surface area contributed by atoms with Gasteiger partial charge < -0.3 is 10.1 Å². The number of hydrogen-bond donors (Lipinski definition) is 1. The van der Waals surface area contributed by atoms with Gasteiger partial charge in [-0.15, -0.1) is 0 Å². The van der Waals surface area contributed by atoms with Crippen molar-refractivity contribution in [1.29, 1.82) is 0 Å². The number of ether oxygens (including phenoxy) is 1. The van der Waals surface area contributed by atoms with Gasteiger partial charge in [0.2, 0.25) is 0 Å². The van der Waals surface area contributed by atoms with Crippen LogP contribution in [0.3, 0.4) is 0 Å². The molecule has 0 aromatic carbocycles. The zero-order chi connectivity index (χ0) is 15.0. The highest BCUT2D eigenvalue weighted by atomic mass is 16.6. The number of hydrogen-bond acceptors (Lipinski definition) is 2. The standard InChI is InChI=1S/C17H31NO2/c1-14(2)12-17(3,4)13-18-16(19)20-15-10-8-6-5-7-9-11-15/h5-6,14-15H,7-13H2,1-4H3,(H,18,19)/b6-5+. The van der Waals surface area contributed by atoms with Crippen LogP contribution in [-0.2, 0) is 4.74 Å². The first-order valence-corrected chi connectivity index (χ1v) is 7.98. The van der Waals surface area contributed by atoms with Crippen LogP contribution in [0.15, 0.2) is 12.2 Å². The molecule has 1 unspecified atom stereocenters. The summed E-state index contributed by atoms with van der Waals surface area (Å²) in [6, 6.07) is 0. The Kier molecular flexibility index (Phi) is 7.11. The van der Waals surface area contributed by atoms with Gasteiger partial charge in [0, 0.05) is 6.54 Å². The molecule has 1 N–H and O–H groups in total. The van der Waals surface area contributed by atoms with Crippen molar-refractivity contribution in [2.45, 2.75) is 72.3 Å². The lowest BCUT2D eigenvalue weighted by Crippen LogP contribution is -2.37. The summed E-state index contributed by atoms with van der Waals surface area (Å²) >= 11 is 0. The first-order valence-electron chi connectivity index (χ1n) is 7.98. The molecule has 1 aliphatic carbocycles. The largest absolute Gasteiger partial charge is 0.446 e. The third-order valence-electron chi connectivity index (χ3n) is 3.66. The van der Waals surface area contributed by atoms with Gasteiger partial charge in [0.05, 0.1) is 0 Å². The number of nitrogens with one attached hydrogen (secondary N) is 1. The fourth-order valence-electron chi connectivity index (χ4n) is 2.93. The Labute approximate surface area is 124 Å². The molecule has 0 heterocycles. The van der Waals surface area contributed by atoms with Gasteiger partial charge in [-0.3, -0.25) is 0 Å². The summed E-state index contributed by atoms with van der Waals surface area (Å²) in [5.41, 5.74) is 0.122. The Morgan fingerprint density at radius 2 is 2.00 bits per heavy atom. The summed E-state index contributed by atoms with van der Waals surface area (Å²) in [6.07, 6.45) is 10.5. The van der Waals surface area contributed by atoms with Crippen molar-refractivity contribution < 1.29 is 9.53 Å². The van der Waals surface area contributed by atoms with Crippen LogP contribution in [0.4, 0.5) is 4.79 Å². The van der Waals surface area contributed by atoms with Gasteiger partial charge in [-0.05, 0) is 49.9 Å².